The van der Waals surface area contributed by atoms with Crippen LogP contribution >= 0.6 is 0 Å². The number of amides is 1. The van der Waals surface area contributed by atoms with Crippen molar-refractivity contribution in [3.05, 3.63) is 28.8 Å². The summed E-state index contributed by atoms with van der Waals surface area (Å²) in [6, 6.07) is 1.63. The molecule has 1 aliphatic heterocycles. The van der Waals surface area contributed by atoms with Gasteiger partial charge in [0.2, 0.25) is 0 Å². The van der Waals surface area contributed by atoms with Crippen LogP contribution in [0.2, 0.25) is 0 Å². The summed E-state index contributed by atoms with van der Waals surface area (Å²) in [5, 5.41) is 20.2. The van der Waals surface area contributed by atoms with Crippen LogP contribution in [0.5, 0.6) is 0 Å². The van der Waals surface area contributed by atoms with Gasteiger partial charge in [-0.15, -0.1) is 0 Å². The molecule has 1 amide bonds. The molecule has 3 N–H and O–H groups in total. The maximum atomic E-state index is 12.6. The topological polar surface area (TPSA) is 69.6 Å². The van der Waals surface area contributed by atoms with Crippen LogP contribution < -0.4 is 10.8 Å². The summed E-state index contributed by atoms with van der Waals surface area (Å²) in [7, 11) is -2.27. The number of carbonyl (C=O) groups is 1. The highest BCUT2D eigenvalue weighted by Crippen LogP contribution is 2.30. The van der Waals surface area contributed by atoms with E-state index in [-0.39, 0.29) is 17.7 Å². The van der Waals surface area contributed by atoms with Crippen LogP contribution in [0.15, 0.2) is 12.1 Å². The fraction of sp³-hybridized carbons (Fsp3) is 0.222. The molecule has 0 fully saturated rings. The van der Waals surface area contributed by atoms with E-state index in [1.54, 1.807) is 0 Å². The summed E-state index contributed by atoms with van der Waals surface area (Å²) in [6.07, 6.45) is -4.69. The molecule has 1 aliphatic rings. The molecule has 1 aromatic carbocycles. The smallest absolute Gasteiger partial charge is 0.423 e. The van der Waals surface area contributed by atoms with Gasteiger partial charge in [-0.05, 0) is 23.2 Å². The quantitative estimate of drug-likeness (QED) is 0.591. The van der Waals surface area contributed by atoms with Crippen LogP contribution in [-0.4, -0.2) is 23.1 Å². The standard InChI is InChI=1S/C9H7BF3NO3/c11-9(12,13)6-1-4-3-14-8(15)5(4)2-7(6)10(16)17/h1-2,16-17H,3H2,(H,14,15). The Hall–Kier alpha value is -1.54. The Labute approximate surface area is 94.2 Å². The molecule has 1 heterocycles. The lowest BCUT2D eigenvalue weighted by molar-refractivity contribution is -0.136. The Balaban J connectivity index is 2.64. The van der Waals surface area contributed by atoms with Gasteiger partial charge < -0.3 is 15.4 Å². The summed E-state index contributed by atoms with van der Waals surface area (Å²) in [5.74, 6) is -0.518. The van der Waals surface area contributed by atoms with E-state index in [0.29, 0.717) is 0 Å². The van der Waals surface area contributed by atoms with Crippen molar-refractivity contribution in [2.24, 2.45) is 0 Å². The van der Waals surface area contributed by atoms with Crippen LogP contribution in [-0.2, 0) is 12.7 Å². The number of rotatable bonds is 1. The Morgan fingerprint density at radius 3 is 2.47 bits per heavy atom. The molecule has 0 aliphatic carbocycles. The van der Waals surface area contributed by atoms with E-state index in [2.05, 4.69) is 5.32 Å². The lowest BCUT2D eigenvalue weighted by atomic mass is 9.75. The first-order chi connectivity index (χ1) is 7.80. The number of carbonyl (C=O) groups excluding carboxylic acids is 1. The molecule has 0 spiro atoms. The third-order valence-corrected chi connectivity index (χ3v) is 2.54. The number of halogens is 3. The number of nitrogens with one attached hydrogen (secondary N) is 1. The van der Waals surface area contributed by atoms with Crippen molar-refractivity contribution < 1.29 is 28.0 Å². The van der Waals surface area contributed by atoms with E-state index < -0.39 is 30.2 Å². The minimum Gasteiger partial charge on any atom is -0.423 e. The van der Waals surface area contributed by atoms with Crippen molar-refractivity contribution in [1.29, 1.82) is 0 Å². The van der Waals surface area contributed by atoms with E-state index >= 15 is 0 Å². The zero-order chi connectivity index (χ0) is 12.8. The molecule has 2 rings (SSSR count). The molecular weight excluding hydrogens is 238 g/mol. The van der Waals surface area contributed by atoms with E-state index in [0.717, 1.165) is 12.1 Å². The number of benzene rings is 1. The van der Waals surface area contributed by atoms with Gasteiger partial charge in [0.1, 0.15) is 0 Å². The molecule has 17 heavy (non-hydrogen) atoms. The second-order valence-electron chi connectivity index (χ2n) is 3.65. The van der Waals surface area contributed by atoms with Gasteiger partial charge in [-0.25, -0.2) is 0 Å². The Morgan fingerprint density at radius 2 is 1.94 bits per heavy atom. The largest absolute Gasteiger partial charge is 0.489 e. The predicted octanol–water partition coefficient (Wildman–Crippen LogP) is -0.371. The second-order valence-corrected chi connectivity index (χ2v) is 3.65. The molecule has 0 unspecified atom stereocenters. The first-order valence-corrected chi connectivity index (χ1v) is 4.69. The molecule has 4 nitrogen and oxygen atoms in total. The summed E-state index contributed by atoms with van der Waals surface area (Å²) >= 11 is 0. The van der Waals surface area contributed by atoms with Crippen molar-refractivity contribution in [2.45, 2.75) is 12.7 Å². The number of hydrogen-bond acceptors (Lipinski definition) is 3. The van der Waals surface area contributed by atoms with Crippen LogP contribution in [0.1, 0.15) is 21.5 Å². The third-order valence-electron chi connectivity index (χ3n) is 2.54. The van der Waals surface area contributed by atoms with E-state index in [9.17, 15) is 18.0 Å². The van der Waals surface area contributed by atoms with Crippen LogP contribution in [0.4, 0.5) is 13.2 Å². The van der Waals surface area contributed by atoms with E-state index in [1.807, 2.05) is 0 Å². The minimum atomic E-state index is -4.69. The van der Waals surface area contributed by atoms with Crippen molar-refractivity contribution >= 4 is 18.5 Å². The zero-order valence-corrected chi connectivity index (χ0v) is 8.38. The van der Waals surface area contributed by atoms with E-state index in [4.69, 9.17) is 10.0 Å². The number of hydrogen-bond donors (Lipinski definition) is 3. The first-order valence-electron chi connectivity index (χ1n) is 4.69. The second kappa shape index (κ2) is 3.74. The molecular formula is C9H7BF3NO3. The predicted molar refractivity (Wildman–Crippen MR) is 52.4 cm³/mol. The molecule has 0 aromatic heterocycles. The van der Waals surface area contributed by atoms with Gasteiger partial charge in [0.25, 0.3) is 5.91 Å². The maximum Gasteiger partial charge on any atom is 0.489 e. The lowest BCUT2D eigenvalue weighted by Crippen LogP contribution is -2.36. The fourth-order valence-electron chi connectivity index (χ4n) is 1.75. The summed E-state index contributed by atoms with van der Waals surface area (Å²) in [6.45, 7) is 0.0129. The van der Waals surface area contributed by atoms with Gasteiger partial charge in [-0.1, -0.05) is 0 Å². The average molecular weight is 245 g/mol. The molecule has 90 valence electrons. The summed E-state index contributed by atoms with van der Waals surface area (Å²) in [5.41, 5.74) is -1.61. The van der Waals surface area contributed by atoms with Gasteiger partial charge in [0.05, 0.1) is 5.56 Å². The van der Waals surface area contributed by atoms with Gasteiger partial charge in [0.15, 0.2) is 0 Å². The summed E-state index contributed by atoms with van der Waals surface area (Å²) < 4.78 is 37.9. The molecule has 0 bridgehead atoms. The SMILES string of the molecule is O=C1NCc2cc(C(F)(F)F)c(B(O)O)cc21. The minimum absolute atomic E-state index is 0.0129. The molecule has 8 heteroatoms. The molecule has 0 saturated carbocycles. The molecule has 1 aromatic rings. The van der Waals surface area contributed by atoms with Crippen LogP contribution in [0.25, 0.3) is 0 Å². The highest BCUT2D eigenvalue weighted by atomic mass is 19.4. The summed E-state index contributed by atoms with van der Waals surface area (Å²) in [4.78, 5) is 11.2. The van der Waals surface area contributed by atoms with Crippen molar-refractivity contribution in [2.75, 3.05) is 0 Å². The monoisotopic (exact) mass is 245 g/mol. The highest BCUT2D eigenvalue weighted by molar-refractivity contribution is 6.59. The van der Waals surface area contributed by atoms with Gasteiger partial charge >= 0.3 is 13.3 Å². The van der Waals surface area contributed by atoms with Crippen LogP contribution in [0.3, 0.4) is 0 Å². The van der Waals surface area contributed by atoms with Crippen molar-refractivity contribution in [3.8, 4) is 0 Å². The van der Waals surface area contributed by atoms with Gasteiger partial charge in [-0.2, -0.15) is 13.2 Å². The number of alkyl halides is 3. The molecule has 0 saturated heterocycles. The fourth-order valence-corrected chi connectivity index (χ4v) is 1.75. The highest BCUT2D eigenvalue weighted by Gasteiger charge is 2.38. The maximum absolute atomic E-state index is 12.6. The third kappa shape index (κ3) is 2.01. The van der Waals surface area contributed by atoms with Crippen LogP contribution in [0, 0.1) is 0 Å². The normalized spacial score (nSPS) is 14.5. The molecule has 0 atom stereocenters. The Kier molecular flexibility index (Phi) is 2.63. The van der Waals surface area contributed by atoms with Crippen molar-refractivity contribution in [1.82, 2.24) is 5.32 Å². The first kappa shape index (κ1) is 11.9. The Morgan fingerprint density at radius 1 is 1.29 bits per heavy atom. The van der Waals surface area contributed by atoms with Crippen molar-refractivity contribution in [3.63, 3.8) is 0 Å². The average Bonchev–Trinajstić information content (AvgIpc) is 2.57. The molecule has 0 radical (unpaired) electrons. The zero-order valence-electron chi connectivity index (χ0n) is 8.38. The van der Waals surface area contributed by atoms with E-state index in [1.165, 1.54) is 0 Å². The Bertz CT molecular complexity index is 487. The number of fused-ring (bicyclic) bond motifs is 1. The van der Waals surface area contributed by atoms with Gasteiger partial charge in [0, 0.05) is 12.1 Å². The van der Waals surface area contributed by atoms with Gasteiger partial charge in [-0.3, -0.25) is 4.79 Å². The lowest BCUT2D eigenvalue weighted by Gasteiger charge is -2.13.